The number of nitrogens with one attached hydrogen (secondary N) is 2. The van der Waals surface area contributed by atoms with E-state index in [0.717, 1.165) is 31.2 Å². The largest absolute Gasteiger partial charge is 0.383 e. The molecule has 0 aliphatic heterocycles. The van der Waals surface area contributed by atoms with Gasteiger partial charge in [0.05, 0.1) is 23.1 Å². The summed E-state index contributed by atoms with van der Waals surface area (Å²) in [5.74, 6) is 5.74. The number of nitrogen functional groups attached to an aromatic ring is 1. The highest BCUT2D eigenvalue weighted by atomic mass is 16.3. The minimum atomic E-state index is -0.828. The second-order valence-corrected chi connectivity index (χ2v) is 9.29. The van der Waals surface area contributed by atoms with Gasteiger partial charge in [0.25, 0.3) is 5.91 Å². The van der Waals surface area contributed by atoms with Gasteiger partial charge in [-0.15, -0.1) is 5.92 Å². The SMILES string of the molecule is CC#CC(O)N[C@H]1CC[C@H](n2nc(-c3ccc(C(=O)Nc4cc(C#N)ccn4)cc3)c3c(N)ncnc32)CC1. The van der Waals surface area contributed by atoms with Crippen molar-refractivity contribution in [1.29, 1.82) is 5.26 Å². The molecule has 1 amide bonds. The highest BCUT2D eigenvalue weighted by molar-refractivity contribution is 6.04. The fourth-order valence-corrected chi connectivity index (χ4v) is 4.88. The van der Waals surface area contributed by atoms with Crippen LogP contribution in [0.25, 0.3) is 22.3 Å². The smallest absolute Gasteiger partial charge is 0.256 e. The van der Waals surface area contributed by atoms with E-state index in [1.807, 2.05) is 22.9 Å². The molecule has 0 radical (unpaired) electrons. The Hall–Kier alpha value is -4.84. The van der Waals surface area contributed by atoms with E-state index in [1.54, 1.807) is 25.1 Å². The second-order valence-electron chi connectivity index (χ2n) is 9.29. The number of fused-ring (bicyclic) bond motifs is 1. The average Bonchev–Trinajstić information content (AvgIpc) is 3.35. The van der Waals surface area contributed by atoms with E-state index < -0.39 is 6.23 Å². The molecular formula is C28H27N9O2. The number of amides is 1. The number of rotatable bonds is 6. The van der Waals surface area contributed by atoms with Crippen molar-refractivity contribution >= 4 is 28.6 Å². The average molecular weight is 522 g/mol. The second kappa shape index (κ2) is 11.3. The molecule has 1 aromatic carbocycles. The van der Waals surface area contributed by atoms with Crippen LogP contribution >= 0.6 is 0 Å². The zero-order chi connectivity index (χ0) is 27.4. The Kier molecular flexibility index (Phi) is 7.46. The van der Waals surface area contributed by atoms with Crippen LogP contribution in [0.5, 0.6) is 0 Å². The monoisotopic (exact) mass is 521 g/mol. The molecule has 196 valence electrons. The molecule has 0 spiro atoms. The van der Waals surface area contributed by atoms with Crippen molar-refractivity contribution in [3.05, 3.63) is 60.0 Å². The number of anilines is 2. The molecule has 0 saturated heterocycles. The molecule has 3 aromatic heterocycles. The maximum atomic E-state index is 12.7. The Labute approximate surface area is 225 Å². The molecule has 3 heterocycles. The Morgan fingerprint density at radius 1 is 1.15 bits per heavy atom. The fraction of sp³-hybridized carbons (Fsp3) is 0.286. The van der Waals surface area contributed by atoms with Crippen LogP contribution in [0.15, 0.2) is 48.9 Å². The molecule has 1 saturated carbocycles. The van der Waals surface area contributed by atoms with Crippen LogP contribution in [-0.2, 0) is 0 Å². The van der Waals surface area contributed by atoms with E-state index in [2.05, 4.69) is 37.4 Å². The lowest BCUT2D eigenvalue weighted by Crippen LogP contribution is -2.40. The van der Waals surface area contributed by atoms with Crippen molar-refractivity contribution in [3.63, 3.8) is 0 Å². The number of aromatic nitrogens is 5. The molecule has 1 aliphatic rings. The van der Waals surface area contributed by atoms with Crippen LogP contribution in [0, 0.1) is 23.2 Å². The minimum absolute atomic E-state index is 0.115. The van der Waals surface area contributed by atoms with Crippen molar-refractivity contribution in [1.82, 2.24) is 30.0 Å². The van der Waals surface area contributed by atoms with E-state index in [0.29, 0.717) is 39.5 Å². The first-order chi connectivity index (χ1) is 19.0. The van der Waals surface area contributed by atoms with E-state index in [4.69, 9.17) is 16.1 Å². The third-order valence-electron chi connectivity index (χ3n) is 6.79. The van der Waals surface area contributed by atoms with Gasteiger partial charge in [0.2, 0.25) is 0 Å². The normalized spacial score (nSPS) is 17.6. The summed E-state index contributed by atoms with van der Waals surface area (Å²) in [6.45, 7) is 1.70. The first kappa shape index (κ1) is 25.8. The summed E-state index contributed by atoms with van der Waals surface area (Å²) >= 11 is 0. The Balaban J connectivity index is 1.37. The zero-order valence-electron chi connectivity index (χ0n) is 21.3. The highest BCUT2D eigenvalue weighted by Crippen LogP contribution is 2.36. The molecule has 1 unspecified atom stereocenters. The summed E-state index contributed by atoms with van der Waals surface area (Å²) in [5.41, 5.74) is 9.20. The number of carbonyl (C=O) groups is 1. The molecule has 39 heavy (non-hydrogen) atoms. The lowest BCUT2D eigenvalue weighted by atomic mass is 9.91. The molecule has 0 bridgehead atoms. The van der Waals surface area contributed by atoms with Crippen LogP contribution in [0.3, 0.4) is 0 Å². The Morgan fingerprint density at radius 3 is 2.64 bits per heavy atom. The third-order valence-corrected chi connectivity index (χ3v) is 6.79. The maximum absolute atomic E-state index is 12.7. The molecule has 11 heteroatoms. The number of aliphatic hydroxyl groups is 1. The first-order valence-electron chi connectivity index (χ1n) is 12.6. The molecule has 1 fully saturated rings. The number of nitrogens with two attached hydrogens (primary N) is 1. The summed E-state index contributed by atoms with van der Waals surface area (Å²) in [6, 6.07) is 12.4. The Morgan fingerprint density at radius 2 is 1.92 bits per heavy atom. The van der Waals surface area contributed by atoms with Crippen molar-refractivity contribution in [2.45, 2.75) is 50.9 Å². The van der Waals surface area contributed by atoms with Gasteiger partial charge in [-0.25, -0.2) is 19.6 Å². The first-order valence-corrected chi connectivity index (χ1v) is 12.6. The molecule has 1 atom stereocenters. The van der Waals surface area contributed by atoms with E-state index in [9.17, 15) is 9.90 Å². The van der Waals surface area contributed by atoms with Crippen molar-refractivity contribution in [2.24, 2.45) is 0 Å². The third kappa shape index (κ3) is 5.55. The van der Waals surface area contributed by atoms with E-state index in [1.165, 1.54) is 18.6 Å². The van der Waals surface area contributed by atoms with Gasteiger partial charge in [0.1, 0.15) is 23.7 Å². The molecule has 11 nitrogen and oxygen atoms in total. The molecular weight excluding hydrogens is 494 g/mol. The number of benzene rings is 1. The van der Waals surface area contributed by atoms with Crippen molar-refractivity contribution in [3.8, 4) is 29.2 Å². The van der Waals surface area contributed by atoms with E-state index in [-0.39, 0.29) is 18.0 Å². The van der Waals surface area contributed by atoms with E-state index >= 15 is 0 Å². The number of hydrogen-bond acceptors (Lipinski definition) is 9. The van der Waals surface area contributed by atoms with Crippen LogP contribution in [0.1, 0.15) is 54.6 Å². The highest BCUT2D eigenvalue weighted by Gasteiger charge is 2.27. The number of carbonyl (C=O) groups excluding carboxylic acids is 1. The summed E-state index contributed by atoms with van der Waals surface area (Å²) in [5, 5.41) is 30.5. The number of aliphatic hydroxyl groups excluding tert-OH is 1. The van der Waals surface area contributed by atoms with Gasteiger partial charge in [0, 0.05) is 23.4 Å². The number of pyridine rings is 1. The van der Waals surface area contributed by atoms with Crippen LogP contribution in [0.2, 0.25) is 0 Å². The number of nitrogens with zero attached hydrogens (tertiary/aromatic N) is 6. The summed E-state index contributed by atoms with van der Waals surface area (Å²) in [4.78, 5) is 25.5. The molecule has 5 N–H and O–H groups in total. The quantitative estimate of drug-likeness (QED) is 0.220. The predicted molar refractivity (Wildman–Crippen MR) is 146 cm³/mol. The molecule has 5 rings (SSSR count). The van der Waals surface area contributed by atoms with Crippen LogP contribution in [-0.4, -0.2) is 48.0 Å². The fourth-order valence-electron chi connectivity index (χ4n) is 4.88. The van der Waals surface area contributed by atoms with Gasteiger partial charge in [-0.2, -0.15) is 10.4 Å². The van der Waals surface area contributed by atoms with Gasteiger partial charge in [-0.3, -0.25) is 10.1 Å². The van der Waals surface area contributed by atoms with Gasteiger partial charge in [0.15, 0.2) is 11.9 Å². The van der Waals surface area contributed by atoms with Gasteiger partial charge < -0.3 is 16.2 Å². The summed E-state index contributed by atoms with van der Waals surface area (Å²) < 4.78 is 1.93. The van der Waals surface area contributed by atoms with Crippen molar-refractivity contribution < 1.29 is 9.90 Å². The number of hydrogen-bond donors (Lipinski definition) is 4. The van der Waals surface area contributed by atoms with Gasteiger partial charge >= 0.3 is 0 Å². The lowest BCUT2D eigenvalue weighted by molar-refractivity contribution is 0.102. The van der Waals surface area contributed by atoms with Crippen LogP contribution in [0.4, 0.5) is 11.6 Å². The Bertz CT molecular complexity index is 1600. The zero-order valence-corrected chi connectivity index (χ0v) is 21.3. The van der Waals surface area contributed by atoms with Crippen LogP contribution < -0.4 is 16.4 Å². The minimum Gasteiger partial charge on any atom is -0.383 e. The topological polar surface area (TPSA) is 168 Å². The van der Waals surface area contributed by atoms with Gasteiger partial charge in [-0.05, 0) is 56.9 Å². The summed E-state index contributed by atoms with van der Waals surface area (Å²) in [7, 11) is 0. The molecule has 4 aromatic rings. The van der Waals surface area contributed by atoms with Crippen molar-refractivity contribution in [2.75, 3.05) is 11.1 Å². The molecule has 1 aliphatic carbocycles. The number of nitriles is 1. The maximum Gasteiger partial charge on any atom is 0.256 e. The lowest BCUT2D eigenvalue weighted by Gasteiger charge is -2.30. The summed E-state index contributed by atoms with van der Waals surface area (Å²) in [6.07, 6.45) is 5.51. The van der Waals surface area contributed by atoms with Gasteiger partial charge in [-0.1, -0.05) is 18.1 Å². The standard InChI is InChI=1S/C28H27N9O2/c1-2-3-23(38)34-20-8-10-21(11-9-20)37-27-24(26(30)32-16-33-27)25(36-37)18-4-6-19(7-5-18)28(39)35-22-14-17(15-29)12-13-31-22/h4-7,12-14,16,20-21,23,34,38H,8-11H2,1H3,(H2,30,32,33)(H,31,35,39)/t20-,21-,23?. The predicted octanol–water partition coefficient (Wildman–Crippen LogP) is 3.01.